The molecule has 3 aromatic rings. The van der Waals surface area contributed by atoms with E-state index < -0.39 is 0 Å². The number of benzene rings is 2. The molecule has 3 rings (SSSR count). The molecule has 0 bridgehead atoms. The van der Waals surface area contributed by atoms with Crippen LogP contribution in [0.5, 0.6) is 0 Å². The summed E-state index contributed by atoms with van der Waals surface area (Å²) in [7, 11) is 0. The minimum Gasteiger partial charge on any atom is -0.326 e. The molecule has 2 N–H and O–H groups in total. The molecule has 0 aliphatic carbocycles. The molecule has 0 spiro atoms. The summed E-state index contributed by atoms with van der Waals surface area (Å²) < 4.78 is 2.19. The summed E-state index contributed by atoms with van der Waals surface area (Å²) in [6, 6.07) is 18.7. The third-order valence-electron chi connectivity index (χ3n) is 3.07. The van der Waals surface area contributed by atoms with E-state index in [1.807, 2.05) is 12.1 Å². The highest BCUT2D eigenvalue weighted by Gasteiger charge is 2.05. The van der Waals surface area contributed by atoms with Gasteiger partial charge in [-0.1, -0.05) is 36.4 Å². The lowest BCUT2D eigenvalue weighted by Gasteiger charge is -2.10. The molecule has 2 heteroatoms. The van der Waals surface area contributed by atoms with E-state index in [0.717, 1.165) is 11.3 Å². The minimum absolute atomic E-state index is 0.558. The highest BCUT2D eigenvalue weighted by atomic mass is 15.0. The topological polar surface area (TPSA) is 30.9 Å². The Morgan fingerprint density at radius 1 is 0.882 bits per heavy atom. The maximum Gasteiger partial charge on any atom is 0.0528 e. The molecule has 0 radical (unpaired) electrons. The second kappa shape index (κ2) is 4.07. The summed E-state index contributed by atoms with van der Waals surface area (Å²) in [6.45, 7) is 0.558. The van der Waals surface area contributed by atoms with E-state index in [2.05, 4.69) is 53.2 Å². The Morgan fingerprint density at radius 2 is 1.65 bits per heavy atom. The second-order valence-corrected chi connectivity index (χ2v) is 4.08. The summed E-state index contributed by atoms with van der Waals surface area (Å²) in [4.78, 5) is 0. The van der Waals surface area contributed by atoms with Crippen molar-refractivity contribution in [2.75, 3.05) is 0 Å². The van der Waals surface area contributed by atoms with Crippen LogP contribution in [0.3, 0.4) is 0 Å². The number of hydrogen-bond acceptors (Lipinski definition) is 1. The lowest BCUT2D eigenvalue weighted by Crippen LogP contribution is -2.03. The van der Waals surface area contributed by atoms with Gasteiger partial charge in [0, 0.05) is 12.7 Å². The van der Waals surface area contributed by atoms with Crippen molar-refractivity contribution in [3.63, 3.8) is 0 Å². The molecule has 0 unspecified atom stereocenters. The summed E-state index contributed by atoms with van der Waals surface area (Å²) in [5, 5.41) is 1.25. The van der Waals surface area contributed by atoms with E-state index in [0.29, 0.717) is 6.54 Å². The van der Waals surface area contributed by atoms with Gasteiger partial charge in [-0.15, -0.1) is 0 Å². The van der Waals surface area contributed by atoms with Gasteiger partial charge in [-0.2, -0.15) is 0 Å². The first kappa shape index (κ1) is 10.1. The van der Waals surface area contributed by atoms with Crippen molar-refractivity contribution < 1.29 is 0 Å². The van der Waals surface area contributed by atoms with Gasteiger partial charge >= 0.3 is 0 Å². The van der Waals surface area contributed by atoms with Gasteiger partial charge in [0.25, 0.3) is 0 Å². The van der Waals surface area contributed by atoms with E-state index >= 15 is 0 Å². The zero-order chi connectivity index (χ0) is 11.7. The average molecular weight is 222 g/mol. The predicted molar refractivity (Wildman–Crippen MR) is 71.2 cm³/mol. The fraction of sp³-hybridized carbons (Fsp3) is 0.0667. The Kier molecular flexibility index (Phi) is 2.42. The van der Waals surface area contributed by atoms with Crippen molar-refractivity contribution in [1.29, 1.82) is 0 Å². The van der Waals surface area contributed by atoms with Crippen LogP contribution in [-0.4, -0.2) is 4.57 Å². The third kappa shape index (κ3) is 1.63. The Hall–Kier alpha value is -2.06. The molecule has 0 saturated heterocycles. The van der Waals surface area contributed by atoms with Gasteiger partial charge in [-0.05, 0) is 29.1 Å². The molecular formula is C15H14N2. The lowest BCUT2D eigenvalue weighted by atomic mass is 10.1. The number of rotatable bonds is 2. The van der Waals surface area contributed by atoms with Crippen LogP contribution in [-0.2, 0) is 6.54 Å². The average Bonchev–Trinajstić information content (AvgIpc) is 2.82. The van der Waals surface area contributed by atoms with Gasteiger partial charge in [0.1, 0.15) is 0 Å². The highest BCUT2D eigenvalue weighted by molar-refractivity contribution is 5.82. The summed E-state index contributed by atoms with van der Waals surface area (Å²) in [5.41, 5.74) is 9.33. The zero-order valence-corrected chi connectivity index (χ0v) is 9.51. The number of para-hydroxylation sites is 2. The van der Waals surface area contributed by atoms with E-state index in [1.165, 1.54) is 10.9 Å². The first-order valence-corrected chi connectivity index (χ1v) is 5.74. The van der Waals surface area contributed by atoms with E-state index in [-0.39, 0.29) is 0 Å². The van der Waals surface area contributed by atoms with Crippen LogP contribution < -0.4 is 5.73 Å². The fourth-order valence-electron chi connectivity index (χ4n) is 2.21. The SMILES string of the molecule is NCc1ccccc1-n1ccc2ccccc21. The minimum atomic E-state index is 0.558. The maximum atomic E-state index is 5.79. The van der Waals surface area contributed by atoms with Crippen molar-refractivity contribution in [3.05, 3.63) is 66.4 Å². The van der Waals surface area contributed by atoms with Crippen LogP contribution in [0, 0.1) is 0 Å². The molecule has 2 aromatic carbocycles. The molecule has 0 saturated carbocycles. The molecule has 1 heterocycles. The van der Waals surface area contributed by atoms with E-state index in [4.69, 9.17) is 5.73 Å². The van der Waals surface area contributed by atoms with Crippen LogP contribution in [0.25, 0.3) is 16.6 Å². The van der Waals surface area contributed by atoms with E-state index in [1.54, 1.807) is 0 Å². The second-order valence-electron chi connectivity index (χ2n) is 4.08. The van der Waals surface area contributed by atoms with Gasteiger partial charge in [0.05, 0.1) is 11.2 Å². The quantitative estimate of drug-likeness (QED) is 0.709. The Morgan fingerprint density at radius 3 is 2.53 bits per heavy atom. The largest absolute Gasteiger partial charge is 0.326 e. The number of fused-ring (bicyclic) bond motifs is 1. The third-order valence-corrected chi connectivity index (χ3v) is 3.07. The molecule has 84 valence electrons. The lowest BCUT2D eigenvalue weighted by molar-refractivity contribution is 1.01. The molecule has 0 aliphatic heterocycles. The van der Waals surface area contributed by atoms with Crippen LogP contribution >= 0.6 is 0 Å². The van der Waals surface area contributed by atoms with Crippen molar-refractivity contribution >= 4 is 10.9 Å². The van der Waals surface area contributed by atoms with Crippen LogP contribution in [0.1, 0.15) is 5.56 Å². The standard InChI is InChI=1S/C15H14N2/c16-11-13-6-2-4-8-15(13)17-10-9-12-5-1-3-7-14(12)17/h1-10H,11,16H2. The van der Waals surface area contributed by atoms with Crippen molar-refractivity contribution in [1.82, 2.24) is 4.57 Å². The number of nitrogens with zero attached hydrogens (tertiary/aromatic N) is 1. The molecule has 2 nitrogen and oxygen atoms in total. The molecule has 1 aromatic heterocycles. The molecule has 0 fully saturated rings. The van der Waals surface area contributed by atoms with Crippen molar-refractivity contribution in [3.8, 4) is 5.69 Å². The number of hydrogen-bond donors (Lipinski definition) is 1. The van der Waals surface area contributed by atoms with Gasteiger partial charge in [0.15, 0.2) is 0 Å². The summed E-state index contributed by atoms with van der Waals surface area (Å²) in [6.07, 6.45) is 2.10. The van der Waals surface area contributed by atoms with Crippen LogP contribution in [0.15, 0.2) is 60.8 Å². The van der Waals surface area contributed by atoms with Gasteiger partial charge in [0.2, 0.25) is 0 Å². The highest BCUT2D eigenvalue weighted by Crippen LogP contribution is 2.22. The molecule has 0 aliphatic rings. The summed E-state index contributed by atoms with van der Waals surface area (Å²) >= 11 is 0. The fourth-order valence-corrected chi connectivity index (χ4v) is 2.21. The monoisotopic (exact) mass is 222 g/mol. The summed E-state index contributed by atoms with van der Waals surface area (Å²) in [5.74, 6) is 0. The number of nitrogens with two attached hydrogens (primary N) is 1. The van der Waals surface area contributed by atoms with Crippen molar-refractivity contribution in [2.45, 2.75) is 6.54 Å². The van der Waals surface area contributed by atoms with E-state index in [9.17, 15) is 0 Å². The Labute approximate surface area is 100 Å². The number of aromatic nitrogens is 1. The van der Waals surface area contributed by atoms with Gasteiger partial charge in [-0.25, -0.2) is 0 Å². The predicted octanol–water partition coefficient (Wildman–Crippen LogP) is 3.09. The van der Waals surface area contributed by atoms with Crippen LogP contribution in [0.4, 0.5) is 0 Å². The molecule has 0 atom stereocenters. The molecule has 17 heavy (non-hydrogen) atoms. The van der Waals surface area contributed by atoms with Crippen LogP contribution in [0.2, 0.25) is 0 Å². The van der Waals surface area contributed by atoms with Gasteiger partial charge < -0.3 is 10.3 Å². The first-order chi connectivity index (χ1) is 8.40. The first-order valence-electron chi connectivity index (χ1n) is 5.74. The smallest absolute Gasteiger partial charge is 0.0528 e. The van der Waals surface area contributed by atoms with Crippen molar-refractivity contribution in [2.24, 2.45) is 5.73 Å². The maximum absolute atomic E-state index is 5.79. The Bertz CT molecular complexity index is 653. The molecule has 0 amide bonds. The van der Waals surface area contributed by atoms with Gasteiger partial charge in [-0.3, -0.25) is 0 Å². The zero-order valence-electron chi connectivity index (χ0n) is 9.51. The Balaban J connectivity index is 2.27. The normalized spacial score (nSPS) is 10.9. The molecular weight excluding hydrogens is 208 g/mol.